The number of phosphoric acid groups is 1. The Bertz CT molecular complexity index is 1770. The number of nitrogens with zero attached hydrogens (tertiary/aromatic N) is 1. The molecule has 0 aliphatic heterocycles. The van der Waals surface area contributed by atoms with E-state index >= 15 is 0 Å². The zero-order chi connectivity index (χ0) is 52.7. The van der Waals surface area contributed by atoms with Gasteiger partial charge in [0.15, 0.2) is 0 Å². The van der Waals surface area contributed by atoms with Crippen molar-refractivity contribution in [3.05, 3.63) is 170 Å². The number of allylic oxidation sites excluding steroid dienone is 27. The van der Waals surface area contributed by atoms with Crippen molar-refractivity contribution in [2.75, 3.05) is 40.9 Å². The van der Waals surface area contributed by atoms with Crippen LogP contribution in [0.1, 0.15) is 168 Å². The third-order valence-electron chi connectivity index (χ3n) is 10.9. The molecule has 0 saturated carbocycles. The number of phosphoric ester groups is 1. The van der Waals surface area contributed by atoms with Crippen LogP contribution in [0.4, 0.5) is 0 Å². The summed E-state index contributed by atoms with van der Waals surface area (Å²) in [4.78, 5) is 25.4. The van der Waals surface area contributed by atoms with Gasteiger partial charge in [0.25, 0.3) is 7.82 Å². The van der Waals surface area contributed by atoms with E-state index in [9.17, 15) is 19.4 Å². The number of quaternary nitrogens is 1. The van der Waals surface area contributed by atoms with Crippen LogP contribution in [0.5, 0.6) is 0 Å². The first-order chi connectivity index (χ1) is 35.0. The van der Waals surface area contributed by atoms with Crippen LogP contribution in [0.15, 0.2) is 170 Å². The van der Waals surface area contributed by atoms with Crippen LogP contribution < -0.4 is 10.2 Å². The van der Waals surface area contributed by atoms with Gasteiger partial charge in [-0.25, -0.2) is 0 Å². The Balaban J connectivity index is 4.31. The van der Waals surface area contributed by atoms with E-state index in [-0.39, 0.29) is 18.9 Å². The average molecular weight is 1010 g/mol. The molecule has 0 aliphatic carbocycles. The van der Waals surface area contributed by atoms with E-state index in [1.807, 2.05) is 27.2 Å². The maximum Gasteiger partial charge on any atom is 0.268 e. The molecule has 0 aromatic rings. The van der Waals surface area contributed by atoms with Crippen LogP contribution in [0, 0.1) is 0 Å². The summed E-state index contributed by atoms with van der Waals surface area (Å²) in [5.74, 6) is -0.253. The normalized spacial score (nSPS) is 15.3. The van der Waals surface area contributed by atoms with Crippen molar-refractivity contribution < 1.29 is 32.9 Å². The third kappa shape index (κ3) is 53.7. The van der Waals surface area contributed by atoms with Crippen molar-refractivity contribution in [3.8, 4) is 0 Å². The van der Waals surface area contributed by atoms with Crippen molar-refractivity contribution in [2.24, 2.45) is 0 Å². The largest absolute Gasteiger partial charge is 0.756 e. The van der Waals surface area contributed by atoms with E-state index in [0.29, 0.717) is 23.9 Å². The van der Waals surface area contributed by atoms with Crippen LogP contribution in [0.2, 0.25) is 0 Å². The Kier molecular flexibility index (Phi) is 48.8. The van der Waals surface area contributed by atoms with Gasteiger partial charge in [0.05, 0.1) is 39.9 Å². The summed E-state index contributed by atoms with van der Waals surface area (Å²) in [6.45, 7) is 4.40. The van der Waals surface area contributed by atoms with Gasteiger partial charge in [-0.2, -0.15) is 0 Å². The summed E-state index contributed by atoms with van der Waals surface area (Å²) in [5.41, 5.74) is 0. The number of unbranched alkanes of at least 4 members (excludes halogenated alkanes) is 8. The first-order valence-corrected chi connectivity index (χ1v) is 29.0. The van der Waals surface area contributed by atoms with Crippen molar-refractivity contribution >= 4 is 13.7 Å². The number of aliphatic hydroxyl groups excluding tert-OH is 1. The molecule has 0 radical (unpaired) electrons. The molecule has 0 aromatic carbocycles. The zero-order valence-electron chi connectivity index (χ0n) is 45.8. The van der Waals surface area contributed by atoms with Crippen molar-refractivity contribution in [3.63, 3.8) is 0 Å². The van der Waals surface area contributed by atoms with Gasteiger partial charge in [-0.15, -0.1) is 0 Å². The SMILES string of the molecule is CC/C=C\C/C=C\C/C=C\C/C=C\C/C=C\C/C=C\C/C=C\C/C=C\C/C=C\C/C=C\C/C=C\CCCCCC(=O)NC(COP(=O)([O-])OCC[N+](C)(C)C)C(O)/C=C/CC/C=C/CC/C=C/CCCCC. The molecule has 0 saturated heterocycles. The Morgan fingerprint density at radius 3 is 1.26 bits per heavy atom. The van der Waals surface area contributed by atoms with E-state index in [0.717, 1.165) is 116 Å². The van der Waals surface area contributed by atoms with E-state index < -0.39 is 26.6 Å². The Labute approximate surface area is 441 Å². The van der Waals surface area contributed by atoms with Gasteiger partial charge in [0, 0.05) is 6.42 Å². The lowest BCUT2D eigenvalue weighted by Crippen LogP contribution is -2.45. The zero-order valence-corrected chi connectivity index (χ0v) is 46.7. The van der Waals surface area contributed by atoms with Crippen LogP contribution in [0.25, 0.3) is 0 Å². The minimum Gasteiger partial charge on any atom is -0.756 e. The van der Waals surface area contributed by atoms with Crippen molar-refractivity contribution in [2.45, 2.75) is 180 Å². The highest BCUT2D eigenvalue weighted by molar-refractivity contribution is 7.45. The van der Waals surface area contributed by atoms with Crippen LogP contribution in [0.3, 0.4) is 0 Å². The topological polar surface area (TPSA) is 108 Å². The molecule has 3 atom stereocenters. The number of hydrogen-bond acceptors (Lipinski definition) is 6. The Hall–Kier alpha value is -4.14. The fraction of sp³-hybridized carbons (Fsp3) is 0.540. The summed E-state index contributed by atoms with van der Waals surface area (Å²) in [6, 6.07) is -0.940. The lowest BCUT2D eigenvalue weighted by Gasteiger charge is -2.29. The molecule has 0 bridgehead atoms. The van der Waals surface area contributed by atoms with Gasteiger partial charge in [0.1, 0.15) is 13.2 Å². The number of aliphatic hydroxyl groups is 1. The highest BCUT2D eigenvalue weighted by Gasteiger charge is 2.23. The monoisotopic (exact) mass is 1010 g/mol. The molecule has 1 amide bonds. The molecular formula is C63H101N2O6P. The first-order valence-electron chi connectivity index (χ1n) is 27.5. The number of carbonyl (C=O) groups is 1. The van der Waals surface area contributed by atoms with E-state index in [4.69, 9.17) is 9.05 Å². The highest BCUT2D eigenvalue weighted by Crippen LogP contribution is 2.38. The standard InChI is InChI=1S/C63H101N2O6P/c1-6-8-10-12-14-16-18-20-21-22-23-24-25-26-27-28-29-30-31-32-33-34-35-36-37-38-39-40-41-42-43-45-47-49-51-53-55-57-63(67)64-61(60-71-72(68,69)70-59-58-65(3,4)5)62(66)56-54-52-50-48-46-44-19-17-15-13-11-9-7-2/h8,10,14-17,20-21,23-24,26-27,29-30,32-33,35-36,38-39,41-42,45-48,54,56,61-62,66H,6-7,9,11-13,18-19,22,25,28,31,34,37,40,43-44,49-53,55,57-60H2,1-5H3,(H-,64,67,68,69)/b10-8-,16-14-,17-15+,21-20-,24-23-,27-26-,30-29-,33-32-,36-35-,39-38-,42-41-,47-45-,48-46+,56-54+. The second-order valence-corrected chi connectivity index (χ2v) is 20.2. The molecule has 0 heterocycles. The van der Waals surface area contributed by atoms with Gasteiger partial charge in [-0.3, -0.25) is 9.36 Å². The van der Waals surface area contributed by atoms with Crippen LogP contribution in [-0.2, 0) is 18.4 Å². The fourth-order valence-corrected chi connectivity index (χ4v) is 7.32. The molecular weight excluding hydrogens is 912 g/mol. The fourth-order valence-electron chi connectivity index (χ4n) is 6.60. The number of hydrogen-bond donors (Lipinski definition) is 2. The molecule has 3 unspecified atom stereocenters. The summed E-state index contributed by atoms with van der Waals surface area (Å²) in [6.07, 6.45) is 82.9. The lowest BCUT2D eigenvalue weighted by atomic mass is 10.1. The van der Waals surface area contributed by atoms with Crippen LogP contribution in [-0.4, -0.2) is 68.5 Å². The van der Waals surface area contributed by atoms with Gasteiger partial charge < -0.3 is 28.8 Å². The van der Waals surface area contributed by atoms with E-state index in [2.05, 4.69) is 177 Å². The highest BCUT2D eigenvalue weighted by atomic mass is 31.2. The quantitative estimate of drug-likeness (QED) is 0.0272. The van der Waals surface area contributed by atoms with Crippen molar-refractivity contribution in [1.29, 1.82) is 0 Å². The molecule has 0 aromatic heterocycles. The third-order valence-corrected chi connectivity index (χ3v) is 11.9. The molecule has 8 nitrogen and oxygen atoms in total. The predicted octanol–water partition coefficient (Wildman–Crippen LogP) is 16.2. The van der Waals surface area contributed by atoms with Crippen LogP contribution >= 0.6 is 7.82 Å². The predicted molar refractivity (Wildman–Crippen MR) is 310 cm³/mol. The minimum absolute atomic E-state index is 0.0260. The number of carbonyl (C=O) groups excluding carboxylic acids is 1. The number of rotatable bonds is 47. The summed E-state index contributed by atoms with van der Waals surface area (Å²) in [5, 5.41) is 13.8. The minimum atomic E-state index is -4.63. The number of amides is 1. The molecule has 2 N–H and O–H groups in total. The summed E-state index contributed by atoms with van der Waals surface area (Å²) < 4.78 is 23.2. The average Bonchev–Trinajstić information content (AvgIpc) is 3.34. The molecule has 0 fully saturated rings. The number of likely N-dealkylation sites (N-methyl/N-ethyl adjacent to an activating group) is 1. The second-order valence-electron chi connectivity index (χ2n) is 18.8. The lowest BCUT2D eigenvalue weighted by molar-refractivity contribution is -0.870. The van der Waals surface area contributed by atoms with Gasteiger partial charge in [-0.05, 0) is 128 Å². The summed E-state index contributed by atoms with van der Waals surface area (Å²) in [7, 11) is 1.18. The smallest absolute Gasteiger partial charge is 0.268 e. The molecule has 72 heavy (non-hydrogen) atoms. The van der Waals surface area contributed by atoms with E-state index in [1.165, 1.54) is 19.3 Å². The molecule has 0 aliphatic rings. The van der Waals surface area contributed by atoms with Gasteiger partial charge in [0.2, 0.25) is 5.91 Å². The second kappa shape index (κ2) is 51.7. The Morgan fingerprint density at radius 1 is 0.500 bits per heavy atom. The maximum absolute atomic E-state index is 12.9. The van der Waals surface area contributed by atoms with Gasteiger partial charge in [-0.1, -0.05) is 203 Å². The van der Waals surface area contributed by atoms with Gasteiger partial charge >= 0.3 is 0 Å². The molecule has 0 spiro atoms. The Morgan fingerprint density at radius 2 is 0.861 bits per heavy atom. The molecule has 0 rings (SSSR count). The molecule has 9 heteroatoms. The molecule has 404 valence electrons. The van der Waals surface area contributed by atoms with Crippen molar-refractivity contribution in [1.82, 2.24) is 5.32 Å². The maximum atomic E-state index is 12.9. The first kappa shape index (κ1) is 67.9. The van der Waals surface area contributed by atoms with E-state index in [1.54, 1.807) is 6.08 Å². The summed E-state index contributed by atoms with van der Waals surface area (Å²) >= 11 is 0. The number of nitrogens with one attached hydrogen (secondary N) is 1.